The average Bonchev–Trinajstić information content (AvgIpc) is 3.06. The van der Waals surface area contributed by atoms with Crippen molar-refractivity contribution in [1.82, 2.24) is 13.5 Å². The van der Waals surface area contributed by atoms with E-state index in [1.807, 2.05) is 6.07 Å². The van der Waals surface area contributed by atoms with E-state index in [-0.39, 0.29) is 0 Å². The normalized spacial score (nSPS) is 28.1. The van der Waals surface area contributed by atoms with Gasteiger partial charge < -0.3 is 4.42 Å². The predicted molar refractivity (Wildman–Crippen MR) is 79.8 cm³/mol. The van der Waals surface area contributed by atoms with E-state index in [4.69, 9.17) is 4.42 Å². The fourth-order valence-corrected chi connectivity index (χ4v) is 4.62. The molecule has 1 aromatic heterocycles. The second-order valence-corrected chi connectivity index (χ2v) is 8.43. The molecule has 2 fully saturated rings. The van der Waals surface area contributed by atoms with Gasteiger partial charge in [-0.15, -0.1) is 0 Å². The number of hydrogen-bond donors (Lipinski definition) is 0. The number of rotatable bonds is 4. The summed E-state index contributed by atoms with van der Waals surface area (Å²) < 4.78 is 32.5. The van der Waals surface area contributed by atoms with Crippen molar-refractivity contribution >= 4 is 10.2 Å². The van der Waals surface area contributed by atoms with Gasteiger partial charge in [-0.05, 0) is 24.3 Å². The maximum absolute atomic E-state index is 12.2. The summed E-state index contributed by atoms with van der Waals surface area (Å²) in [5.74, 6) is 1.06. The molecule has 0 spiro atoms. The van der Waals surface area contributed by atoms with E-state index in [2.05, 4.69) is 4.90 Å². The van der Waals surface area contributed by atoms with Crippen LogP contribution in [0.1, 0.15) is 12.0 Å². The summed E-state index contributed by atoms with van der Waals surface area (Å²) in [5.41, 5.74) is 1.19. The lowest BCUT2D eigenvalue weighted by molar-refractivity contribution is 0.219. The highest BCUT2D eigenvalue weighted by Crippen LogP contribution is 2.33. The highest BCUT2D eigenvalue weighted by molar-refractivity contribution is 7.86. The zero-order valence-electron chi connectivity index (χ0n) is 12.6. The molecule has 0 aromatic carbocycles. The third kappa shape index (κ3) is 3.01. The van der Waals surface area contributed by atoms with Gasteiger partial charge in [0.05, 0.1) is 12.5 Å². The molecule has 21 heavy (non-hydrogen) atoms. The lowest BCUT2D eigenvalue weighted by Gasteiger charge is -2.34. The number of likely N-dealkylation sites (tertiary alicyclic amines) is 1. The number of piperidine rings is 1. The van der Waals surface area contributed by atoms with E-state index in [9.17, 15) is 8.42 Å². The summed E-state index contributed by atoms with van der Waals surface area (Å²) in [6.07, 6.45) is 4.44. The van der Waals surface area contributed by atoms with Crippen LogP contribution in [0.2, 0.25) is 0 Å². The van der Waals surface area contributed by atoms with Gasteiger partial charge in [0, 0.05) is 52.4 Å². The number of nitrogens with zero attached hydrogens (tertiary/aromatic N) is 3. The first-order chi connectivity index (χ1) is 9.96. The molecular weight excluding hydrogens is 290 g/mol. The van der Waals surface area contributed by atoms with Crippen molar-refractivity contribution in [3.63, 3.8) is 0 Å². The summed E-state index contributed by atoms with van der Waals surface area (Å²) >= 11 is 0. The Bertz CT molecular complexity index is 570. The van der Waals surface area contributed by atoms with E-state index < -0.39 is 10.2 Å². The first kappa shape index (κ1) is 15.0. The van der Waals surface area contributed by atoms with Gasteiger partial charge in [-0.1, -0.05) is 0 Å². The fraction of sp³-hybridized carbons (Fsp3) is 0.714. The molecule has 3 rings (SSSR count). The minimum absolute atomic E-state index is 0.445. The average molecular weight is 313 g/mol. The molecular formula is C14H23N3O3S. The summed E-state index contributed by atoms with van der Waals surface area (Å²) in [6.45, 7) is 4.21. The van der Waals surface area contributed by atoms with Gasteiger partial charge in [0.1, 0.15) is 0 Å². The first-order valence-electron chi connectivity index (χ1n) is 7.38. The van der Waals surface area contributed by atoms with Gasteiger partial charge in [-0.3, -0.25) is 4.90 Å². The molecule has 3 heterocycles. The molecule has 7 heteroatoms. The van der Waals surface area contributed by atoms with Crippen LogP contribution in [0.4, 0.5) is 0 Å². The molecule has 0 amide bonds. The van der Waals surface area contributed by atoms with Gasteiger partial charge in [0.15, 0.2) is 0 Å². The quantitative estimate of drug-likeness (QED) is 0.826. The van der Waals surface area contributed by atoms with Gasteiger partial charge in [0.25, 0.3) is 10.2 Å². The van der Waals surface area contributed by atoms with Crippen molar-refractivity contribution < 1.29 is 12.8 Å². The molecule has 2 atom stereocenters. The lowest BCUT2D eigenvalue weighted by atomic mass is 9.90. The minimum Gasteiger partial charge on any atom is -0.472 e. The first-order valence-corrected chi connectivity index (χ1v) is 8.77. The summed E-state index contributed by atoms with van der Waals surface area (Å²) in [7, 11) is -0.0759. The van der Waals surface area contributed by atoms with Crippen LogP contribution in [0.3, 0.4) is 0 Å². The molecule has 0 N–H and O–H groups in total. The zero-order chi connectivity index (χ0) is 15.0. The highest BCUT2D eigenvalue weighted by Gasteiger charge is 2.40. The summed E-state index contributed by atoms with van der Waals surface area (Å²) in [5, 5.41) is 0. The molecule has 2 saturated heterocycles. The molecule has 0 radical (unpaired) electrons. The van der Waals surface area contributed by atoms with Gasteiger partial charge in [-0.2, -0.15) is 17.0 Å². The van der Waals surface area contributed by atoms with E-state index in [0.29, 0.717) is 24.9 Å². The second kappa shape index (κ2) is 5.72. The monoisotopic (exact) mass is 313 g/mol. The third-order valence-corrected chi connectivity index (χ3v) is 6.52. The van der Waals surface area contributed by atoms with Crippen LogP contribution in [0, 0.1) is 11.8 Å². The minimum atomic E-state index is -3.27. The molecule has 0 bridgehead atoms. The standard InChI is InChI=1S/C14H23N3O3S/c1-15(2)21(18,19)17-5-3-13-8-16(9-14(13)10-17)7-12-4-6-20-11-12/h4,6,11,13-14H,3,5,7-10H2,1-2H3/t13-,14-/m0/s1. The molecule has 118 valence electrons. The molecule has 1 aromatic rings. The van der Waals surface area contributed by atoms with Crippen molar-refractivity contribution in [3.8, 4) is 0 Å². The number of fused-ring (bicyclic) bond motifs is 1. The Labute approximate surface area is 126 Å². The van der Waals surface area contributed by atoms with Crippen LogP contribution >= 0.6 is 0 Å². The Balaban J connectivity index is 1.62. The summed E-state index contributed by atoms with van der Waals surface area (Å²) in [6, 6.07) is 1.99. The van der Waals surface area contributed by atoms with Crippen LogP contribution < -0.4 is 0 Å². The Morgan fingerprint density at radius 1 is 1.29 bits per heavy atom. The molecule has 0 unspecified atom stereocenters. The van der Waals surface area contributed by atoms with Gasteiger partial charge >= 0.3 is 0 Å². The Kier molecular flexibility index (Phi) is 4.09. The van der Waals surface area contributed by atoms with E-state index in [0.717, 1.165) is 26.1 Å². The van der Waals surface area contributed by atoms with Crippen molar-refractivity contribution in [2.45, 2.75) is 13.0 Å². The van der Waals surface area contributed by atoms with Crippen LogP contribution in [-0.2, 0) is 16.8 Å². The van der Waals surface area contributed by atoms with Gasteiger partial charge in [0.2, 0.25) is 0 Å². The van der Waals surface area contributed by atoms with Crippen molar-refractivity contribution in [2.75, 3.05) is 40.3 Å². The van der Waals surface area contributed by atoms with Crippen molar-refractivity contribution in [3.05, 3.63) is 24.2 Å². The molecule has 6 nitrogen and oxygen atoms in total. The fourth-order valence-electron chi connectivity index (χ4n) is 3.44. The molecule has 0 saturated carbocycles. The van der Waals surface area contributed by atoms with E-state index >= 15 is 0 Å². The Morgan fingerprint density at radius 3 is 2.71 bits per heavy atom. The SMILES string of the molecule is CN(C)S(=O)(=O)N1CC[C@H]2CN(Cc3ccoc3)C[C@H]2C1. The van der Waals surface area contributed by atoms with Crippen LogP contribution in [0.25, 0.3) is 0 Å². The maximum Gasteiger partial charge on any atom is 0.281 e. The van der Waals surface area contributed by atoms with Crippen LogP contribution in [-0.4, -0.2) is 62.2 Å². The van der Waals surface area contributed by atoms with Crippen molar-refractivity contribution in [2.24, 2.45) is 11.8 Å². The number of furan rings is 1. The zero-order valence-corrected chi connectivity index (χ0v) is 13.4. The predicted octanol–water partition coefficient (Wildman–Crippen LogP) is 0.840. The smallest absolute Gasteiger partial charge is 0.281 e. The van der Waals surface area contributed by atoms with E-state index in [1.165, 1.54) is 9.87 Å². The van der Waals surface area contributed by atoms with E-state index in [1.54, 1.807) is 30.9 Å². The largest absolute Gasteiger partial charge is 0.472 e. The topological polar surface area (TPSA) is 57.0 Å². The number of hydrogen-bond acceptors (Lipinski definition) is 4. The molecule has 0 aliphatic carbocycles. The van der Waals surface area contributed by atoms with Gasteiger partial charge in [-0.25, -0.2) is 0 Å². The second-order valence-electron chi connectivity index (χ2n) is 6.28. The van der Waals surface area contributed by atoms with Crippen LogP contribution in [0.15, 0.2) is 23.0 Å². The molecule has 2 aliphatic heterocycles. The van der Waals surface area contributed by atoms with Crippen LogP contribution in [0.5, 0.6) is 0 Å². The third-order valence-electron chi connectivity index (χ3n) is 4.61. The lowest BCUT2D eigenvalue weighted by Crippen LogP contribution is -2.47. The summed E-state index contributed by atoms with van der Waals surface area (Å²) in [4.78, 5) is 2.41. The maximum atomic E-state index is 12.2. The Hall–Kier alpha value is -0.890. The highest BCUT2D eigenvalue weighted by atomic mass is 32.2. The molecule has 2 aliphatic rings. The van der Waals surface area contributed by atoms with Crippen molar-refractivity contribution in [1.29, 1.82) is 0 Å². The Morgan fingerprint density at radius 2 is 2.05 bits per heavy atom.